The number of alkyl halides is 3. The second kappa shape index (κ2) is 7.40. The first-order valence-electron chi connectivity index (χ1n) is 8.81. The van der Waals surface area contributed by atoms with E-state index in [0.717, 1.165) is 28.2 Å². The average molecular weight is 419 g/mol. The van der Waals surface area contributed by atoms with E-state index in [9.17, 15) is 18.0 Å². The van der Waals surface area contributed by atoms with Crippen LogP contribution in [-0.2, 0) is 26.8 Å². The van der Waals surface area contributed by atoms with Crippen LogP contribution in [0.25, 0.3) is 0 Å². The Bertz CT molecular complexity index is 896. The molecule has 3 heterocycles. The van der Waals surface area contributed by atoms with Crippen molar-refractivity contribution in [1.82, 2.24) is 29.4 Å². The fourth-order valence-electron chi connectivity index (χ4n) is 3.44. The van der Waals surface area contributed by atoms with E-state index in [-0.39, 0.29) is 5.69 Å². The molecule has 0 spiro atoms. The number of halogens is 4. The van der Waals surface area contributed by atoms with Gasteiger partial charge in [0.25, 0.3) is 5.91 Å². The highest BCUT2D eigenvalue weighted by Gasteiger charge is 2.40. The summed E-state index contributed by atoms with van der Waals surface area (Å²) >= 11 is 5.83. The van der Waals surface area contributed by atoms with Gasteiger partial charge in [0.05, 0.1) is 5.69 Å². The zero-order valence-corrected chi connectivity index (χ0v) is 16.9. The zero-order valence-electron chi connectivity index (χ0n) is 16.1. The van der Waals surface area contributed by atoms with Gasteiger partial charge < -0.3 is 4.90 Å². The molecule has 0 unspecified atom stereocenters. The molecule has 11 heteroatoms. The monoisotopic (exact) mass is 418 g/mol. The Morgan fingerprint density at radius 2 is 1.68 bits per heavy atom. The van der Waals surface area contributed by atoms with E-state index in [2.05, 4.69) is 15.1 Å². The maximum Gasteiger partial charge on any atom is 0.436 e. The maximum atomic E-state index is 13.0. The van der Waals surface area contributed by atoms with Crippen molar-refractivity contribution in [3.8, 4) is 0 Å². The van der Waals surface area contributed by atoms with Crippen molar-refractivity contribution in [2.45, 2.75) is 26.6 Å². The minimum atomic E-state index is -4.70. The number of piperazine rings is 1. The van der Waals surface area contributed by atoms with Crippen molar-refractivity contribution in [2.24, 2.45) is 14.1 Å². The second-order valence-electron chi connectivity index (χ2n) is 6.97. The van der Waals surface area contributed by atoms with Gasteiger partial charge in [0.1, 0.15) is 10.7 Å². The summed E-state index contributed by atoms with van der Waals surface area (Å²) in [4.78, 5) is 16.5. The van der Waals surface area contributed by atoms with Crippen LogP contribution in [0.4, 0.5) is 13.2 Å². The van der Waals surface area contributed by atoms with Gasteiger partial charge in [-0.25, -0.2) is 0 Å². The molecular weight excluding hydrogens is 397 g/mol. The predicted octanol–water partition coefficient (Wildman–Crippen LogP) is 2.40. The number of nitrogens with zero attached hydrogens (tertiary/aromatic N) is 6. The molecule has 1 saturated heterocycles. The Hall–Kier alpha value is -2.07. The molecule has 0 saturated carbocycles. The van der Waals surface area contributed by atoms with Gasteiger partial charge in [0.15, 0.2) is 5.69 Å². The molecule has 0 aromatic carbocycles. The van der Waals surface area contributed by atoms with E-state index in [1.165, 1.54) is 11.9 Å². The Balaban J connectivity index is 1.68. The molecule has 0 N–H and O–H groups in total. The minimum Gasteiger partial charge on any atom is -0.335 e. The van der Waals surface area contributed by atoms with E-state index in [0.29, 0.717) is 26.2 Å². The summed E-state index contributed by atoms with van der Waals surface area (Å²) in [5.74, 6) is -0.538. The summed E-state index contributed by atoms with van der Waals surface area (Å²) in [7, 11) is 3.19. The van der Waals surface area contributed by atoms with E-state index in [1.54, 1.807) is 0 Å². The molecule has 1 amide bonds. The molecule has 0 bridgehead atoms. The number of rotatable bonds is 3. The fourth-order valence-corrected chi connectivity index (χ4v) is 3.79. The van der Waals surface area contributed by atoms with E-state index in [4.69, 9.17) is 11.6 Å². The van der Waals surface area contributed by atoms with Crippen molar-refractivity contribution in [1.29, 1.82) is 0 Å². The van der Waals surface area contributed by atoms with Crippen LogP contribution >= 0.6 is 11.6 Å². The lowest BCUT2D eigenvalue weighted by molar-refractivity contribution is -0.141. The van der Waals surface area contributed by atoms with Gasteiger partial charge in [0, 0.05) is 58.1 Å². The Kier molecular flexibility index (Phi) is 5.46. The van der Waals surface area contributed by atoms with Crippen LogP contribution in [0.2, 0.25) is 5.02 Å². The summed E-state index contributed by atoms with van der Waals surface area (Å²) in [6, 6.07) is 0. The van der Waals surface area contributed by atoms with Crippen LogP contribution in [0, 0.1) is 13.8 Å². The molecule has 7 nitrogen and oxygen atoms in total. The molecule has 2 aromatic heterocycles. The van der Waals surface area contributed by atoms with Crippen LogP contribution in [-0.4, -0.2) is 61.4 Å². The Morgan fingerprint density at radius 3 is 2.14 bits per heavy atom. The number of hydrogen-bond acceptors (Lipinski definition) is 4. The first-order chi connectivity index (χ1) is 13.0. The molecule has 1 aliphatic heterocycles. The van der Waals surface area contributed by atoms with Gasteiger partial charge in [-0.15, -0.1) is 0 Å². The van der Waals surface area contributed by atoms with Crippen molar-refractivity contribution >= 4 is 17.5 Å². The zero-order chi connectivity index (χ0) is 20.8. The van der Waals surface area contributed by atoms with Gasteiger partial charge in [-0.2, -0.15) is 23.4 Å². The number of aromatic nitrogens is 4. The van der Waals surface area contributed by atoms with Gasteiger partial charge in [-0.05, 0) is 13.8 Å². The predicted molar refractivity (Wildman–Crippen MR) is 97.1 cm³/mol. The first-order valence-corrected chi connectivity index (χ1v) is 9.19. The SMILES string of the molecule is Cc1nn(C)c(C)c1CN1CCN(C(=O)c2c(Cl)c(C(F)(F)F)nn2C)CC1. The fraction of sp³-hybridized carbons (Fsp3) is 0.588. The van der Waals surface area contributed by atoms with Crippen molar-refractivity contribution < 1.29 is 18.0 Å². The van der Waals surface area contributed by atoms with Crippen LogP contribution in [0.3, 0.4) is 0 Å². The summed E-state index contributed by atoms with van der Waals surface area (Å²) in [6.07, 6.45) is -4.70. The van der Waals surface area contributed by atoms with Crippen LogP contribution in [0.15, 0.2) is 0 Å². The molecule has 154 valence electrons. The van der Waals surface area contributed by atoms with Crippen molar-refractivity contribution in [3.05, 3.63) is 33.4 Å². The quantitative estimate of drug-likeness (QED) is 0.768. The molecule has 1 fully saturated rings. The van der Waals surface area contributed by atoms with Crippen LogP contribution in [0.5, 0.6) is 0 Å². The highest BCUT2D eigenvalue weighted by atomic mass is 35.5. The maximum absolute atomic E-state index is 13.0. The van der Waals surface area contributed by atoms with Gasteiger partial charge in [-0.3, -0.25) is 19.1 Å². The Morgan fingerprint density at radius 1 is 1.07 bits per heavy atom. The summed E-state index contributed by atoms with van der Waals surface area (Å²) in [5.41, 5.74) is 1.76. The summed E-state index contributed by atoms with van der Waals surface area (Å²) in [5, 5.41) is 7.14. The van der Waals surface area contributed by atoms with Gasteiger partial charge in [-0.1, -0.05) is 11.6 Å². The molecule has 2 aromatic rings. The lowest BCUT2D eigenvalue weighted by Crippen LogP contribution is -2.48. The van der Waals surface area contributed by atoms with Gasteiger partial charge >= 0.3 is 6.18 Å². The average Bonchev–Trinajstić information content (AvgIpc) is 3.05. The molecule has 0 aliphatic carbocycles. The largest absolute Gasteiger partial charge is 0.436 e. The molecular formula is C17H22ClF3N6O. The lowest BCUT2D eigenvalue weighted by Gasteiger charge is -2.34. The minimum absolute atomic E-state index is 0.235. The number of hydrogen-bond donors (Lipinski definition) is 0. The van der Waals surface area contributed by atoms with E-state index >= 15 is 0 Å². The van der Waals surface area contributed by atoms with Crippen LogP contribution < -0.4 is 0 Å². The third-order valence-corrected chi connectivity index (χ3v) is 5.52. The Labute approximate surface area is 165 Å². The first kappa shape index (κ1) is 20.7. The van der Waals surface area contributed by atoms with Crippen molar-refractivity contribution in [2.75, 3.05) is 26.2 Å². The van der Waals surface area contributed by atoms with Crippen LogP contribution in [0.1, 0.15) is 33.1 Å². The smallest absolute Gasteiger partial charge is 0.335 e. The van der Waals surface area contributed by atoms with E-state index < -0.39 is 22.8 Å². The van der Waals surface area contributed by atoms with E-state index in [1.807, 2.05) is 25.6 Å². The summed E-state index contributed by atoms with van der Waals surface area (Å²) in [6.45, 7) is 6.73. The number of carbonyl (C=O) groups excluding carboxylic acids is 1. The summed E-state index contributed by atoms with van der Waals surface area (Å²) < 4.78 is 41.7. The molecule has 3 rings (SSSR count). The number of aryl methyl sites for hydroxylation is 3. The number of amides is 1. The molecule has 28 heavy (non-hydrogen) atoms. The number of carbonyl (C=O) groups is 1. The lowest BCUT2D eigenvalue weighted by atomic mass is 10.1. The topological polar surface area (TPSA) is 59.2 Å². The third kappa shape index (κ3) is 3.75. The molecule has 1 aliphatic rings. The highest BCUT2D eigenvalue weighted by molar-refractivity contribution is 6.34. The molecule has 0 radical (unpaired) electrons. The van der Waals surface area contributed by atoms with Gasteiger partial charge in [0.2, 0.25) is 0 Å². The highest BCUT2D eigenvalue weighted by Crippen LogP contribution is 2.35. The normalized spacial score (nSPS) is 16.1. The molecule has 0 atom stereocenters. The standard InChI is InChI=1S/C17H22ClF3N6O/c1-10-12(11(2)24(3)22-10)9-26-5-7-27(8-6-26)16(28)14-13(18)15(17(19,20)21)23-25(14)4/h5-9H2,1-4H3. The van der Waals surface area contributed by atoms with Crippen molar-refractivity contribution in [3.63, 3.8) is 0 Å². The second-order valence-corrected chi connectivity index (χ2v) is 7.35. The third-order valence-electron chi connectivity index (χ3n) is 5.16.